The van der Waals surface area contributed by atoms with Crippen LogP contribution in [-0.4, -0.2) is 35.9 Å². The Morgan fingerprint density at radius 3 is 2.52 bits per heavy atom. The zero-order chi connectivity index (χ0) is 17.7. The number of nitrogens with zero attached hydrogens (tertiary/aromatic N) is 1. The topological polar surface area (TPSA) is 46.6 Å². The van der Waals surface area contributed by atoms with Gasteiger partial charge in [-0.05, 0) is 31.5 Å². The van der Waals surface area contributed by atoms with E-state index in [4.69, 9.17) is 6.11 Å². The van der Waals surface area contributed by atoms with Crippen LogP contribution in [0.25, 0.3) is 10.8 Å². The third-order valence-corrected chi connectivity index (χ3v) is 3.35. The van der Waals surface area contributed by atoms with Crippen molar-refractivity contribution in [3.63, 3.8) is 0 Å². The molecular formula is C19H23NO3. The Morgan fingerprint density at radius 2 is 1.83 bits per heavy atom. The molecule has 0 atom stereocenters. The number of benzene rings is 2. The fourth-order valence-corrected chi connectivity index (χ4v) is 2.26. The van der Waals surface area contributed by atoms with Crippen LogP contribution in [0, 0.1) is 0 Å². The Hall–Kier alpha value is -2.36. The van der Waals surface area contributed by atoms with Crippen molar-refractivity contribution in [2.75, 3.05) is 13.6 Å². The summed E-state index contributed by atoms with van der Waals surface area (Å²) in [4.78, 5) is 25.8. The molecule has 0 spiro atoms. The second-order valence-electron chi connectivity index (χ2n) is 6.44. The Bertz CT molecular complexity index is 731. The third-order valence-electron chi connectivity index (χ3n) is 3.35. The first-order valence-electron chi connectivity index (χ1n) is 8.30. The monoisotopic (exact) mass is 314 g/mol. The molecule has 1 amide bonds. The maximum Gasteiger partial charge on any atom is 0.410 e. The molecule has 0 aliphatic heterocycles. The third kappa shape index (κ3) is 4.55. The summed E-state index contributed by atoms with van der Waals surface area (Å²) < 4.78 is 12.7. The van der Waals surface area contributed by atoms with Crippen LogP contribution >= 0.6 is 0 Å². The van der Waals surface area contributed by atoms with Gasteiger partial charge in [-0.25, -0.2) is 4.79 Å². The highest BCUT2D eigenvalue weighted by molar-refractivity contribution is 6.08. The van der Waals surface area contributed by atoms with Gasteiger partial charge in [-0.2, -0.15) is 0 Å². The molecule has 0 saturated heterocycles. The minimum Gasteiger partial charge on any atom is -0.444 e. The Morgan fingerprint density at radius 1 is 1.13 bits per heavy atom. The van der Waals surface area contributed by atoms with Gasteiger partial charge in [0.25, 0.3) is 0 Å². The van der Waals surface area contributed by atoms with E-state index in [9.17, 15) is 9.59 Å². The van der Waals surface area contributed by atoms with Crippen molar-refractivity contribution < 1.29 is 15.7 Å². The molecule has 0 N–H and O–H groups in total. The number of carbonyl (C=O) groups excluding carboxylic acids is 2. The zero-order valence-electron chi connectivity index (χ0n) is 14.8. The zero-order valence-corrected chi connectivity index (χ0v) is 13.8. The number of fused-ring (bicyclic) bond motifs is 1. The van der Waals surface area contributed by atoms with Gasteiger partial charge in [0.2, 0.25) is 0 Å². The van der Waals surface area contributed by atoms with Crippen LogP contribution in [-0.2, 0) is 4.74 Å². The molecule has 0 aliphatic rings. The van der Waals surface area contributed by atoms with E-state index >= 15 is 0 Å². The number of rotatable bonds is 4. The van der Waals surface area contributed by atoms with E-state index in [2.05, 4.69) is 0 Å². The average molecular weight is 314 g/mol. The fraction of sp³-hybridized carbons (Fsp3) is 0.368. The molecule has 0 aliphatic carbocycles. The summed E-state index contributed by atoms with van der Waals surface area (Å²) in [6.45, 7) is 5.48. The number of amides is 1. The van der Waals surface area contributed by atoms with Gasteiger partial charge < -0.3 is 9.64 Å². The maximum absolute atomic E-state index is 12.5. The Labute approximate surface area is 138 Å². The molecule has 23 heavy (non-hydrogen) atoms. The normalized spacial score (nSPS) is 11.9. The van der Waals surface area contributed by atoms with Crippen LogP contribution < -0.4 is 0 Å². The first-order chi connectivity index (χ1) is 11.3. The van der Waals surface area contributed by atoms with E-state index in [1.165, 1.54) is 4.90 Å². The van der Waals surface area contributed by atoms with Gasteiger partial charge in [0, 0.05) is 26.9 Å². The predicted molar refractivity (Wildman–Crippen MR) is 91.8 cm³/mol. The molecular weight excluding hydrogens is 290 g/mol. The smallest absolute Gasteiger partial charge is 0.410 e. The lowest BCUT2D eigenvalue weighted by atomic mass is 10.00. The molecule has 4 nitrogen and oxygen atoms in total. The summed E-state index contributed by atoms with van der Waals surface area (Å²) in [5.41, 5.74) is 0.0201. The highest BCUT2D eigenvalue weighted by Crippen LogP contribution is 2.20. The van der Waals surface area contributed by atoms with E-state index in [1.54, 1.807) is 26.8 Å². The summed E-state index contributed by atoms with van der Waals surface area (Å²) in [6.07, 6.45) is -0.408. The molecule has 0 bridgehead atoms. The molecule has 0 saturated carbocycles. The SMILES string of the molecule is [2H]CN(CCC(=O)c1cccc2ccccc12)C(=O)OC(C)(C)C. The van der Waals surface area contributed by atoms with E-state index in [1.807, 2.05) is 36.4 Å². The second kappa shape index (κ2) is 6.82. The van der Waals surface area contributed by atoms with Crippen LogP contribution in [0.15, 0.2) is 42.5 Å². The standard InChI is InChI=1S/C19H23NO3/c1-19(2,3)23-18(22)20(4)13-12-17(21)16-11-7-9-14-8-5-6-10-15(14)16/h5-11H,12-13H2,1-4H3/i4D. The largest absolute Gasteiger partial charge is 0.444 e. The lowest BCUT2D eigenvalue weighted by Crippen LogP contribution is -2.35. The van der Waals surface area contributed by atoms with Crippen molar-refractivity contribution in [2.45, 2.75) is 32.8 Å². The maximum atomic E-state index is 12.5. The van der Waals surface area contributed by atoms with Gasteiger partial charge in [0.05, 0.1) is 0 Å². The summed E-state index contributed by atoms with van der Waals surface area (Å²) in [5.74, 6) is -0.0474. The van der Waals surface area contributed by atoms with Crippen molar-refractivity contribution >= 4 is 22.6 Å². The number of Topliss-reactive ketones (excluding diaryl/α,β-unsaturated/α-hetero) is 1. The Kier molecular flexibility index (Phi) is 4.60. The minimum atomic E-state index is -0.621. The van der Waals surface area contributed by atoms with Gasteiger partial charge in [-0.3, -0.25) is 4.79 Å². The van der Waals surface area contributed by atoms with Gasteiger partial charge >= 0.3 is 6.09 Å². The lowest BCUT2D eigenvalue weighted by molar-refractivity contribution is 0.0298. The van der Waals surface area contributed by atoms with Gasteiger partial charge in [-0.15, -0.1) is 0 Å². The molecule has 0 aromatic heterocycles. The van der Waals surface area contributed by atoms with Crippen molar-refractivity contribution in [3.8, 4) is 0 Å². The van der Waals surface area contributed by atoms with E-state index < -0.39 is 11.7 Å². The van der Waals surface area contributed by atoms with E-state index in [0.717, 1.165) is 10.8 Å². The summed E-state index contributed by atoms with van der Waals surface area (Å²) >= 11 is 0. The van der Waals surface area contributed by atoms with Crippen molar-refractivity contribution in [3.05, 3.63) is 48.0 Å². The lowest BCUT2D eigenvalue weighted by Gasteiger charge is -2.24. The second-order valence-corrected chi connectivity index (χ2v) is 6.44. The fourth-order valence-electron chi connectivity index (χ4n) is 2.26. The van der Waals surface area contributed by atoms with Crippen molar-refractivity contribution in [1.29, 1.82) is 0 Å². The molecule has 122 valence electrons. The van der Waals surface area contributed by atoms with E-state index in [0.29, 0.717) is 5.56 Å². The van der Waals surface area contributed by atoms with Crippen LogP contribution in [0.5, 0.6) is 0 Å². The number of hydrogen-bond donors (Lipinski definition) is 0. The molecule has 2 rings (SSSR count). The summed E-state index contributed by atoms with van der Waals surface area (Å²) in [7, 11) is -0.238. The molecule has 0 fully saturated rings. The average Bonchev–Trinajstić information content (AvgIpc) is 2.53. The Balaban J connectivity index is 2.07. The number of hydrogen-bond acceptors (Lipinski definition) is 3. The molecule has 0 radical (unpaired) electrons. The summed E-state index contributed by atoms with van der Waals surface area (Å²) in [5, 5.41) is 1.91. The number of ether oxygens (including phenoxy) is 1. The van der Waals surface area contributed by atoms with Crippen LogP contribution in [0.4, 0.5) is 4.79 Å². The van der Waals surface area contributed by atoms with Gasteiger partial charge in [0.1, 0.15) is 5.60 Å². The highest BCUT2D eigenvalue weighted by atomic mass is 16.6. The van der Waals surface area contributed by atoms with Gasteiger partial charge in [-0.1, -0.05) is 42.5 Å². The summed E-state index contributed by atoms with van der Waals surface area (Å²) in [6, 6.07) is 13.3. The van der Waals surface area contributed by atoms with Crippen LogP contribution in [0.3, 0.4) is 0 Å². The number of carbonyl (C=O) groups is 2. The molecule has 2 aromatic rings. The first-order valence-corrected chi connectivity index (χ1v) is 7.60. The molecule has 4 heteroatoms. The highest BCUT2D eigenvalue weighted by Gasteiger charge is 2.20. The van der Waals surface area contributed by atoms with Crippen molar-refractivity contribution in [1.82, 2.24) is 4.90 Å². The molecule has 2 aromatic carbocycles. The van der Waals surface area contributed by atoms with Crippen molar-refractivity contribution in [2.24, 2.45) is 0 Å². The minimum absolute atomic E-state index is 0.0474. The first kappa shape index (κ1) is 15.5. The predicted octanol–water partition coefficient (Wildman–Crippen LogP) is 4.28. The van der Waals surface area contributed by atoms with Crippen LogP contribution in [0.2, 0.25) is 0 Å². The van der Waals surface area contributed by atoms with Crippen LogP contribution in [0.1, 0.15) is 38.9 Å². The number of ketones is 1. The molecule has 0 heterocycles. The molecule has 0 unspecified atom stereocenters. The quantitative estimate of drug-likeness (QED) is 0.791. The van der Waals surface area contributed by atoms with Gasteiger partial charge in [0.15, 0.2) is 5.78 Å². The van der Waals surface area contributed by atoms with E-state index in [-0.39, 0.29) is 25.8 Å².